The van der Waals surface area contributed by atoms with Crippen LogP contribution in [0, 0.1) is 5.92 Å². The zero-order valence-corrected chi connectivity index (χ0v) is 47.8. The van der Waals surface area contributed by atoms with Crippen LogP contribution >= 0.6 is 0 Å². The molecule has 85 heavy (non-hydrogen) atoms. The standard InChI is InChI=1S/C56H73N7O22/c1-26(2)20-33(62-55(78)34(21-38(57)66)61-53(76)28(4)59-52(75)27(3)58-39(67)12-14-81-16-18-83-19-17-82-15-13-63-40(68)10-11-41(63)69)54(77)60-32-22-42(84-29(5)47(32)70)85-36-24-56(79,37(65)25-64)23-31-44(36)51(74)46-45(49(31)72)48(71)30-8-7-9-35(80-6)43(30)50(46)73/h7-11,26-29,32-34,36,42,47,64,70,72,74,79H,12-25H2,1-6H3,(H2,57,66)(H,58,67)(H,59,75)(H,60,77)(H,61,76)(H,62,78)/t27-,28-,29+,32+,33?,34-,36+,42+,47-,56+/m1/s1. The Balaban J connectivity index is 1.04. The van der Waals surface area contributed by atoms with E-state index in [9.17, 15) is 78.3 Å². The Kier molecular flexibility index (Phi) is 22.9. The summed E-state index contributed by atoms with van der Waals surface area (Å²) in [6.45, 7) is 7.31. The number of ketones is 3. The monoisotopic (exact) mass is 1200 g/mol. The molecular formula is C56H73N7O22. The minimum Gasteiger partial charge on any atom is -0.507 e. The number of benzene rings is 2. The number of imide groups is 1. The largest absolute Gasteiger partial charge is 0.507 e. The molecule has 0 bridgehead atoms. The number of amides is 8. The third-order valence-corrected chi connectivity index (χ3v) is 14.6. The number of phenolic OH excluding ortho intramolecular Hbond substituents is 2. The van der Waals surface area contributed by atoms with Gasteiger partial charge in [0.25, 0.3) is 11.8 Å². The van der Waals surface area contributed by atoms with E-state index in [4.69, 9.17) is 34.2 Å². The first-order valence-corrected chi connectivity index (χ1v) is 27.5. The molecule has 29 nitrogen and oxygen atoms in total. The Hall–Kier alpha value is -7.77. The summed E-state index contributed by atoms with van der Waals surface area (Å²) >= 11 is 0. The molecule has 12 N–H and O–H groups in total. The van der Waals surface area contributed by atoms with Gasteiger partial charge in [0, 0.05) is 54.5 Å². The summed E-state index contributed by atoms with van der Waals surface area (Å²) < 4.78 is 33.7. The van der Waals surface area contributed by atoms with Crippen LogP contribution in [-0.4, -0.2) is 209 Å². The molecule has 4 aliphatic rings. The topological polar surface area (TPSA) is 434 Å². The van der Waals surface area contributed by atoms with Gasteiger partial charge in [-0.3, -0.25) is 57.6 Å². The molecule has 1 unspecified atom stereocenters. The second-order valence-electron chi connectivity index (χ2n) is 21.3. The number of nitrogens with zero attached hydrogens (tertiary/aromatic N) is 1. The van der Waals surface area contributed by atoms with Crippen molar-refractivity contribution in [2.24, 2.45) is 11.7 Å². The smallest absolute Gasteiger partial charge is 0.253 e. The second-order valence-corrected chi connectivity index (χ2v) is 21.3. The Morgan fingerprint density at radius 2 is 1.38 bits per heavy atom. The van der Waals surface area contributed by atoms with Crippen molar-refractivity contribution in [1.82, 2.24) is 31.5 Å². The minimum atomic E-state index is -2.47. The molecule has 29 heteroatoms. The van der Waals surface area contributed by atoms with E-state index in [-0.39, 0.29) is 99.4 Å². The molecule has 2 aromatic rings. The Labute approximate surface area is 487 Å². The lowest BCUT2D eigenvalue weighted by Crippen LogP contribution is -2.61. The van der Waals surface area contributed by atoms with E-state index in [1.165, 1.54) is 58.2 Å². The van der Waals surface area contributed by atoms with Crippen molar-refractivity contribution in [2.75, 3.05) is 59.9 Å². The van der Waals surface area contributed by atoms with Crippen molar-refractivity contribution < 1.29 is 107 Å². The molecule has 2 aliphatic carbocycles. The number of fused-ring (bicyclic) bond motifs is 3. The van der Waals surface area contributed by atoms with Crippen molar-refractivity contribution in [1.29, 1.82) is 0 Å². The van der Waals surface area contributed by atoms with E-state index in [1.54, 1.807) is 13.8 Å². The first-order chi connectivity index (χ1) is 40.2. The predicted molar refractivity (Wildman–Crippen MR) is 291 cm³/mol. The van der Waals surface area contributed by atoms with Gasteiger partial charge in [0.2, 0.25) is 41.2 Å². The minimum absolute atomic E-state index is 0.00607. The van der Waals surface area contributed by atoms with E-state index in [1.807, 2.05) is 0 Å². The van der Waals surface area contributed by atoms with Gasteiger partial charge in [0.05, 0.1) is 94.7 Å². The number of hydrogen-bond acceptors (Lipinski definition) is 22. The fraction of sp³-hybridized carbons (Fsp3) is 0.554. The van der Waals surface area contributed by atoms with E-state index < -0.39 is 174 Å². The number of Topliss-reactive ketones (excluding diaryl/α,β-unsaturated/α-hetero) is 1. The molecule has 1 saturated heterocycles. The van der Waals surface area contributed by atoms with E-state index in [2.05, 4.69) is 26.6 Å². The number of primary amides is 1. The van der Waals surface area contributed by atoms with Crippen LogP contribution in [0.2, 0.25) is 0 Å². The number of nitrogens with two attached hydrogens (primary N) is 1. The summed E-state index contributed by atoms with van der Waals surface area (Å²) in [5, 5.41) is 69.2. The number of nitrogens with one attached hydrogen (secondary N) is 5. The van der Waals surface area contributed by atoms with Gasteiger partial charge in [-0.05, 0) is 39.2 Å². The van der Waals surface area contributed by atoms with Crippen LogP contribution < -0.4 is 37.1 Å². The molecular weight excluding hydrogens is 1120 g/mol. The van der Waals surface area contributed by atoms with Gasteiger partial charge >= 0.3 is 0 Å². The highest BCUT2D eigenvalue weighted by Crippen LogP contribution is 2.52. The number of ether oxygens (including phenoxy) is 6. The van der Waals surface area contributed by atoms with Gasteiger partial charge in [-0.1, -0.05) is 26.0 Å². The maximum absolute atomic E-state index is 14.2. The number of hydrogen-bond donors (Lipinski definition) is 11. The molecule has 0 saturated carbocycles. The number of aliphatic hydroxyl groups excluding tert-OH is 2. The van der Waals surface area contributed by atoms with Crippen LogP contribution in [-0.2, 0) is 73.3 Å². The quantitative estimate of drug-likeness (QED) is 0.0186. The highest BCUT2D eigenvalue weighted by molar-refractivity contribution is 6.31. The van der Waals surface area contributed by atoms with E-state index >= 15 is 0 Å². The summed E-state index contributed by atoms with van der Waals surface area (Å²) in [4.78, 5) is 145. The number of aliphatic hydroxyl groups is 3. The second kappa shape index (κ2) is 29.4. The summed E-state index contributed by atoms with van der Waals surface area (Å²) in [6, 6.07) is -2.63. The normalized spacial score (nSPS) is 22.1. The number of carbonyl (C=O) groups is 11. The average Bonchev–Trinajstić information content (AvgIpc) is 1.69. The number of phenols is 2. The Morgan fingerprint density at radius 1 is 0.776 bits per heavy atom. The predicted octanol–water partition coefficient (Wildman–Crippen LogP) is -2.58. The van der Waals surface area contributed by atoms with Crippen LogP contribution in [0.3, 0.4) is 0 Å². The molecule has 0 spiro atoms. The van der Waals surface area contributed by atoms with Crippen molar-refractivity contribution >= 4 is 64.6 Å². The Bertz CT molecular complexity index is 2930. The fourth-order valence-corrected chi connectivity index (χ4v) is 10.1. The van der Waals surface area contributed by atoms with Crippen molar-refractivity contribution in [3.05, 3.63) is 63.7 Å². The van der Waals surface area contributed by atoms with Crippen LogP contribution in [0.25, 0.3) is 0 Å². The lowest BCUT2D eigenvalue weighted by Gasteiger charge is -2.43. The molecule has 1 fully saturated rings. The molecule has 2 aromatic carbocycles. The zero-order valence-electron chi connectivity index (χ0n) is 47.8. The number of rotatable bonds is 30. The number of carbonyl (C=O) groups excluding carboxylic acids is 11. The third kappa shape index (κ3) is 16.2. The first-order valence-electron chi connectivity index (χ1n) is 27.5. The molecule has 2 aliphatic heterocycles. The maximum atomic E-state index is 14.2. The molecule has 8 amide bonds. The number of aromatic hydroxyl groups is 2. The van der Waals surface area contributed by atoms with Gasteiger partial charge in [-0.25, -0.2) is 0 Å². The third-order valence-electron chi connectivity index (χ3n) is 14.6. The summed E-state index contributed by atoms with van der Waals surface area (Å²) in [5.74, 6) is -10.9. The lowest BCUT2D eigenvalue weighted by atomic mass is 9.72. The highest BCUT2D eigenvalue weighted by atomic mass is 16.7. The molecule has 10 atom stereocenters. The first kappa shape index (κ1) is 66.4. The summed E-state index contributed by atoms with van der Waals surface area (Å²) in [7, 11) is 1.26. The van der Waals surface area contributed by atoms with Gasteiger partial charge in [-0.2, -0.15) is 0 Å². The molecule has 464 valence electrons. The number of methoxy groups -OCH3 is 1. The molecule has 6 rings (SSSR count). The molecule has 0 aromatic heterocycles. The van der Waals surface area contributed by atoms with Crippen molar-refractivity contribution in [3.63, 3.8) is 0 Å². The van der Waals surface area contributed by atoms with Crippen LogP contribution in [0.4, 0.5) is 0 Å². The highest BCUT2D eigenvalue weighted by Gasteiger charge is 2.51. The average molecular weight is 1200 g/mol. The van der Waals surface area contributed by atoms with Crippen LogP contribution in [0.1, 0.15) is 116 Å². The Morgan fingerprint density at radius 3 is 2.00 bits per heavy atom. The summed E-state index contributed by atoms with van der Waals surface area (Å²) in [6.07, 6.45) is -6.05. The summed E-state index contributed by atoms with van der Waals surface area (Å²) in [5.41, 5.74) is 0.755. The van der Waals surface area contributed by atoms with Crippen LogP contribution in [0.5, 0.6) is 17.2 Å². The van der Waals surface area contributed by atoms with Crippen molar-refractivity contribution in [2.45, 2.75) is 134 Å². The molecule has 0 radical (unpaired) electrons. The van der Waals surface area contributed by atoms with Crippen LogP contribution in [0.15, 0.2) is 30.4 Å². The molecule has 2 heterocycles. The van der Waals surface area contributed by atoms with Crippen molar-refractivity contribution in [3.8, 4) is 17.2 Å². The van der Waals surface area contributed by atoms with Gasteiger partial charge in [0.15, 0.2) is 17.9 Å². The van der Waals surface area contributed by atoms with Gasteiger partial charge < -0.3 is 86.3 Å². The SMILES string of the molecule is COc1cccc2c1C(=O)c1c(O)c3c(c(O)c1C2=O)C[C@@](O)(C(=O)CO)C[C@@H]3O[C@H]1C[C@H](NC(=O)C(CC(C)C)NC(=O)[C@@H](CC(N)=O)NC(=O)[C@@H](C)NC(=O)[C@@H](C)NC(=O)CCOCCOCCOCCN2C(=O)C=CC2=O)[C@H](O)[C@H](C)O1. The van der Waals surface area contributed by atoms with Gasteiger partial charge in [0.1, 0.15) is 59.7 Å². The fourth-order valence-electron chi connectivity index (χ4n) is 10.1. The maximum Gasteiger partial charge on any atom is 0.253 e. The van der Waals surface area contributed by atoms with Gasteiger partial charge in [-0.15, -0.1) is 0 Å². The van der Waals surface area contributed by atoms with E-state index in [0.29, 0.717) is 0 Å². The lowest BCUT2D eigenvalue weighted by molar-refractivity contribution is -0.249. The zero-order chi connectivity index (χ0) is 62.6. The van der Waals surface area contributed by atoms with E-state index in [0.717, 1.165) is 4.90 Å².